The zero-order chi connectivity index (χ0) is 16.9. The number of ether oxygens (including phenoxy) is 1. The molecule has 3 rings (SSSR count). The van der Waals surface area contributed by atoms with Gasteiger partial charge in [0.05, 0.1) is 6.61 Å². The van der Waals surface area contributed by atoms with Crippen LogP contribution in [0.5, 0.6) is 0 Å². The number of esters is 1. The highest BCUT2D eigenvalue weighted by atomic mass is 16.5. The first-order valence-electron chi connectivity index (χ1n) is 8.03. The number of nitrogens with one attached hydrogen (secondary N) is 1. The van der Waals surface area contributed by atoms with Gasteiger partial charge in [-0.25, -0.2) is 0 Å². The summed E-state index contributed by atoms with van der Waals surface area (Å²) in [5.41, 5.74) is 4.59. The van der Waals surface area contributed by atoms with E-state index >= 15 is 0 Å². The van der Waals surface area contributed by atoms with E-state index in [9.17, 15) is 4.79 Å². The molecule has 0 radical (unpaired) electrons. The molecule has 0 aliphatic carbocycles. The Morgan fingerprint density at radius 2 is 2.08 bits per heavy atom. The maximum Gasteiger partial charge on any atom is 0.306 e. The van der Waals surface area contributed by atoms with Crippen molar-refractivity contribution in [2.24, 2.45) is 0 Å². The lowest BCUT2D eigenvalue weighted by Gasteiger charge is -2.04. The summed E-state index contributed by atoms with van der Waals surface area (Å²) in [6.07, 6.45) is 0.984. The van der Waals surface area contributed by atoms with Gasteiger partial charge in [-0.15, -0.1) is 0 Å². The fourth-order valence-corrected chi connectivity index (χ4v) is 2.49. The largest absolute Gasteiger partial charge is 0.466 e. The number of hydrogen-bond acceptors (Lipinski definition) is 5. The van der Waals surface area contributed by atoms with E-state index in [2.05, 4.69) is 10.3 Å². The maximum absolute atomic E-state index is 11.5. The summed E-state index contributed by atoms with van der Waals surface area (Å²) in [5.74, 6) is -0.183. The van der Waals surface area contributed by atoms with Crippen molar-refractivity contribution in [2.75, 3.05) is 11.9 Å². The van der Waals surface area contributed by atoms with E-state index in [-0.39, 0.29) is 5.97 Å². The van der Waals surface area contributed by atoms with E-state index in [1.807, 2.05) is 49.4 Å². The van der Waals surface area contributed by atoms with Gasteiger partial charge < -0.3 is 14.5 Å². The van der Waals surface area contributed by atoms with E-state index in [1.165, 1.54) is 0 Å². The summed E-state index contributed by atoms with van der Waals surface area (Å²) in [7, 11) is 0. The second-order valence-electron chi connectivity index (χ2n) is 5.57. The van der Waals surface area contributed by atoms with Crippen molar-refractivity contribution in [3.8, 4) is 0 Å². The molecule has 0 atom stereocenters. The van der Waals surface area contributed by atoms with Crippen molar-refractivity contribution in [1.29, 1.82) is 0 Å². The second kappa shape index (κ2) is 7.17. The van der Waals surface area contributed by atoms with Crippen molar-refractivity contribution < 1.29 is 13.9 Å². The van der Waals surface area contributed by atoms with Crippen LogP contribution in [0.4, 0.5) is 11.7 Å². The molecule has 2 aromatic carbocycles. The van der Waals surface area contributed by atoms with Crippen molar-refractivity contribution in [1.82, 2.24) is 4.98 Å². The van der Waals surface area contributed by atoms with E-state index < -0.39 is 0 Å². The van der Waals surface area contributed by atoms with Crippen LogP contribution in [0.3, 0.4) is 0 Å². The Kier molecular flexibility index (Phi) is 4.79. The van der Waals surface area contributed by atoms with Crippen LogP contribution >= 0.6 is 0 Å². The van der Waals surface area contributed by atoms with E-state index in [4.69, 9.17) is 9.15 Å². The normalized spacial score (nSPS) is 10.8. The molecule has 124 valence electrons. The molecule has 0 aliphatic rings. The number of benzene rings is 2. The lowest BCUT2D eigenvalue weighted by atomic mass is 10.1. The average molecular weight is 324 g/mol. The Morgan fingerprint density at radius 1 is 1.25 bits per heavy atom. The molecule has 5 nitrogen and oxygen atoms in total. The Morgan fingerprint density at radius 3 is 2.88 bits per heavy atom. The molecule has 0 fully saturated rings. The minimum atomic E-state index is -0.183. The van der Waals surface area contributed by atoms with Crippen LogP contribution in [0.2, 0.25) is 0 Å². The number of nitrogens with zero attached hydrogens (tertiary/aromatic N) is 1. The van der Waals surface area contributed by atoms with Crippen molar-refractivity contribution >= 4 is 28.8 Å². The molecule has 1 N–H and O–H groups in total. The topological polar surface area (TPSA) is 64.4 Å². The standard InChI is InChI=1S/C19H20N2O3/c1-3-23-18(22)11-9-14-8-10-16-17(12-14)24-19(21-16)20-15-7-5-4-6-13(15)2/h4-8,10,12H,3,9,11H2,1-2H3,(H,20,21). The number of hydrogen-bond donors (Lipinski definition) is 1. The molecule has 3 aromatic rings. The lowest BCUT2D eigenvalue weighted by molar-refractivity contribution is -0.143. The molecule has 0 spiro atoms. The number of rotatable bonds is 6. The summed E-state index contributed by atoms with van der Waals surface area (Å²) < 4.78 is 10.7. The van der Waals surface area contributed by atoms with Gasteiger partial charge >= 0.3 is 5.97 Å². The number of carbonyl (C=O) groups is 1. The zero-order valence-electron chi connectivity index (χ0n) is 13.8. The van der Waals surface area contributed by atoms with Crippen LogP contribution < -0.4 is 5.32 Å². The first-order valence-corrected chi connectivity index (χ1v) is 8.03. The zero-order valence-corrected chi connectivity index (χ0v) is 13.8. The molecule has 0 bridgehead atoms. The highest BCUT2D eigenvalue weighted by Gasteiger charge is 2.09. The van der Waals surface area contributed by atoms with Crippen LogP contribution in [-0.2, 0) is 16.0 Å². The summed E-state index contributed by atoms with van der Waals surface area (Å²) >= 11 is 0. The highest BCUT2D eigenvalue weighted by Crippen LogP contribution is 2.25. The second-order valence-corrected chi connectivity index (χ2v) is 5.57. The Balaban J connectivity index is 1.74. The van der Waals surface area contributed by atoms with Crippen molar-refractivity contribution in [3.05, 3.63) is 53.6 Å². The van der Waals surface area contributed by atoms with Gasteiger partial charge in [-0.3, -0.25) is 4.79 Å². The molecular weight excluding hydrogens is 304 g/mol. The van der Waals surface area contributed by atoms with Gasteiger partial charge in [0.1, 0.15) is 5.52 Å². The van der Waals surface area contributed by atoms with Crippen LogP contribution in [0.15, 0.2) is 46.9 Å². The Labute approximate surface area is 140 Å². The van der Waals surface area contributed by atoms with Gasteiger partial charge in [-0.1, -0.05) is 24.3 Å². The number of para-hydroxylation sites is 1. The van der Waals surface area contributed by atoms with Crippen LogP contribution in [0.1, 0.15) is 24.5 Å². The lowest BCUT2D eigenvalue weighted by Crippen LogP contribution is -2.04. The van der Waals surface area contributed by atoms with Gasteiger partial charge in [0.2, 0.25) is 0 Å². The monoisotopic (exact) mass is 324 g/mol. The number of anilines is 2. The number of aromatic nitrogens is 1. The molecule has 1 heterocycles. The van der Waals surface area contributed by atoms with Gasteiger partial charge in [-0.05, 0) is 49.6 Å². The smallest absolute Gasteiger partial charge is 0.306 e. The molecule has 5 heteroatoms. The third-order valence-corrected chi connectivity index (χ3v) is 3.76. The van der Waals surface area contributed by atoms with E-state index in [0.29, 0.717) is 31.0 Å². The number of carbonyl (C=O) groups excluding carboxylic acids is 1. The quantitative estimate of drug-likeness (QED) is 0.682. The summed E-state index contributed by atoms with van der Waals surface area (Å²) in [4.78, 5) is 15.9. The molecule has 24 heavy (non-hydrogen) atoms. The van der Waals surface area contributed by atoms with Gasteiger partial charge in [0, 0.05) is 12.1 Å². The third-order valence-electron chi connectivity index (χ3n) is 3.76. The molecule has 0 unspecified atom stereocenters. The third kappa shape index (κ3) is 3.74. The molecule has 0 aliphatic heterocycles. The first-order chi connectivity index (χ1) is 11.7. The minimum Gasteiger partial charge on any atom is -0.466 e. The van der Waals surface area contributed by atoms with Crippen LogP contribution in [-0.4, -0.2) is 17.6 Å². The summed E-state index contributed by atoms with van der Waals surface area (Å²) in [6, 6.07) is 14.2. The summed E-state index contributed by atoms with van der Waals surface area (Å²) in [5, 5.41) is 3.20. The highest BCUT2D eigenvalue weighted by molar-refractivity contribution is 5.76. The van der Waals surface area contributed by atoms with Crippen molar-refractivity contribution in [3.63, 3.8) is 0 Å². The molecule has 0 saturated carbocycles. The SMILES string of the molecule is CCOC(=O)CCc1ccc2nc(Nc3ccccc3C)oc2c1. The van der Waals surface area contributed by atoms with Gasteiger partial charge in [0.25, 0.3) is 6.01 Å². The predicted octanol–water partition coefficient (Wildman–Crippen LogP) is 4.38. The number of aryl methyl sites for hydroxylation is 2. The fourth-order valence-electron chi connectivity index (χ4n) is 2.49. The molecule has 1 aromatic heterocycles. The van der Waals surface area contributed by atoms with Crippen molar-refractivity contribution in [2.45, 2.75) is 26.7 Å². The maximum atomic E-state index is 11.5. The Hall–Kier alpha value is -2.82. The number of oxazole rings is 1. The molecule has 0 amide bonds. The van der Waals surface area contributed by atoms with E-state index in [0.717, 1.165) is 22.3 Å². The minimum absolute atomic E-state index is 0.183. The predicted molar refractivity (Wildman–Crippen MR) is 93.4 cm³/mol. The van der Waals surface area contributed by atoms with Crippen LogP contribution in [0.25, 0.3) is 11.1 Å². The van der Waals surface area contributed by atoms with Gasteiger partial charge in [0.15, 0.2) is 5.58 Å². The number of fused-ring (bicyclic) bond motifs is 1. The Bertz CT molecular complexity index is 855. The average Bonchev–Trinajstić information content (AvgIpc) is 2.97. The fraction of sp³-hybridized carbons (Fsp3) is 0.263. The first kappa shape index (κ1) is 16.1. The molecular formula is C19H20N2O3. The van der Waals surface area contributed by atoms with E-state index in [1.54, 1.807) is 6.92 Å². The van der Waals surface area contributed by atoms with Gasteiger partial charge in [-0.2, -0.15) is 4.98 Å². The summed E-state index contributed by atoms with van der Waals surface area (Å²) in [6.45, 7) is 4.24. The molecule has 0 saturated heterocycles. The van der Waals surface area contributed by atoms with Crippen LogP contribution in [0, 0.1) is 6.92 Å².